The number of rotatable bonds is 9. The molecular formula is C14H24CaO9. The minimum atomic E-state index is -1.27. The summed E-state index contributed by atoms with van der Waals surface area (Å²) in [5.41, 5.74) is -1.25. The van der Waals surface area contributed by atoms with Crippen molar-refractivity contribution >= 4 is 55.6 Å². The molecule has 0 saturated carbocycles. The fraction of sp³-hybridized carbons (Fsp3) is 0.500. The molecule has 0 aromatic heterocycles. The second-order valence-electron chi connectivity index (χ2n) is 4.81. The average Bonchev–Trinajstić information content (AvgIpc) is 2.48. The Morgan fingerprint density at radius 2 is 1.42 bits per heavy atom. The van der Waals surface area contributed by atoms with Gasteiger partial charge in [-0.3, -0.25) is 4.79 Å². The van der Waals surface area contributed by atoms with Crippen LogP contribution in [0.4, 0.5) is 0 Å². The van der Waals surface area contributed by atoms with Crippen LogP contribution in [0.3, 0.4) is 0 Å². The van der Waals surface area contributed by atoms with E-state index < -0.39 is 49.6 Å². The van der Waals surface area contributed by atoms with Crippen LogP contribution in [0.5, 0.6) is 0 Å². The summed E-state index contributed by atoms with van der Waals surface area (Å²) in [5, 5.41) is 42.8. The first kappa shape index (κ1) is 27.9. The van der Waals surface area contributed by atoms with Crippen LogP contribution in [0, 0.1) is 5.41 Å². The molecule has 136 valence electrons. The molecule has 0 aliphatic carbocycles. The summed E-state index contributed by atoms with van der Waals surface area (Å²) < 4.78 is 4.72. The Balaban J connectivity index is -0.000000385. The molecule has 0 radical (unpaired) electrons. The van der Waals surface area contributed by atoms with E-state index in [9.17, 15) is 14.4 Å². The number of carbonyl (C=O) groups is 3. The van der Waals surface area contributed by atoms with E-state index in [0.717, 1.165) is 0 Å². The van der Waals surface area contributed by atoms with Gasteiger partial charge in [-0.2, -0.15) is 0 Å². The molecule has 24 heavy (non-hydrogen) atoms. The van der Waals surface area contributed by atoms with Crippen LogP contribution >= 0.6 is 0 Å². The summed E-state index contributed by atoms with van der Waals surface area (Å²) in [6, 6.07) is 0. The number of esters is 1. The van der Waals surface area contributed by atoms with Gasteiger partial charge in [0, 0.05) is 11.1 Å². The van der Waals surface area contributed by atoms with Crippen LogP contribution in [0.15, 0.2) is 24.3 Å². The molecule has 0 spiro atoms. The number of hydrogen-bond acceptors (Lipinski definition) is 7. The summed E-state index contributed by atoms with van der Waals surface area (Å²) in [6.45, 7) is 6.27. The van der Waals surface area contributed by atoms with Crippen molar-refractivity contribution in [1.82, 2.24) is 0 Å². The SMILES string of the molecule is C=C(C)C(=O)OCC(CO)(CO)CO.C=C(CC(=O)O)C(=O)O.[CaH2]. The third kappa shape index (κ3) is 12.5. The normalized spacial score (nSPS) is 9.67. The van der Waals surface area contributed by atoms with Crippen molar-refractivity contribution in [1.29, 1.82) is 0 Å². The van der Waals surface area contributed by atoms with Crippen molar-refractivity contribution in [2.75, 3.05) is 26.4 Å². The Kier molecular flexibility index (Phi) is 16.7. The number of ether oxygens (including phenoxy) is 1. The fourth-order valence-electron chi connectivity index (χ4n) is 0.887. The van der Waals surface area contributed by atoms with Crippen molar-refractivity contribution in [3.05, 3.63) is 24.3 Å². The van der Waals surface area contributed by atoms with Gasteiger partial charge in [-0.05, 0) is 6.92 Å². The predicted molar refractivity (Wildman–Crippen MR) is 87.0 cm³/mol. The van der Waals surface area contributed by atoms with Crippen LogP contribution in [-0.2, 0) is 19.1 Å². The van der Waals surface area contributed by atoms with Crippen molar-refractivity contribution in [3.8, 4) is 0 Å². The van der Waals surface area contributed by atoms with Gasteiger partial charge in [0.15, 0.2) is 0 Å². The van der Waals surface area contributed by atoms with Gasteiger partial charge in [0.2, 0.25) is 0 Å². The molecule has 9 nitrogen and oxygen atoms in total. The molecule has 0 atom stereocenters. The van der Waals surface area contributed by atoms with Crippen molar-refractivity contribution < 1.29 is 44.7 Å². The summed E-state index contributed by atoms with van der Waals surface area (Å²) in [6.07, 6.45) is -0.505. The summed E-state index contributed by atoms with van der Waals surface area (Å²) >= 11 is 0. The number of aliphatic hydroxyl groups is 3. The molecule has 5 N–H and O–H groups in total. The zero-order chi connectivity index (χ0) is 18.6. The molecule has 0 heterocycles. The molecule has 0 aliphatic heterocycles. The van der Waals surface area contributed by atoms with Gasteiger partial charge >= 0.3 is 55.6 Å². The zero-order valence-electron chi connectivity index (χ0n) is 12.8. The van der Waals surface area contributed by atoms with Gasteiger partial charge in [0.1, 0.15) is 6.61 Å². The topological polar surface area (TPSA) is 162 Å². The Bertz CT molecular complexity index is 447. The van der Waals surface area contributed by atoms with Gasteiger partial charge < -0.3 is 30.3 Å². The van der Waals surface area contributed by atoms with Crippen LogP contribution in [0.1, 0.15) is 13.3 Å². The molecule has 0 fully saturated rings. The fourth-order valence-corrected chi connectivity index (χ4v) is 0.887. The number of carbonyl (C=O) groups excluding carboxylic acids is 1. The van der Waals surface area contributed by atoms with E-state index in [-0.39, 0.29) is 55.5 Å². The van der Waals surface area contributed by atoms with Crippen LogP contribution < -0.4 is 0 Å². The van der Waals surface area contributed by atoms with Crippen LogP contribution in [0.2, 0.25) is 0 Å². The van der Waals surface area contributed by atoms with Crippen molar-refractivity contribution in [2.24, 2.45) is 5.41 Å². The summed E-state index contributed by atoms with van der Waals surface area (Å²) in [7, 11) is 0. The number of aliphatic hydroxyl groups excluding tert-OH is 3. The quantitative estimate of drug-likeness (QED) is 0.178. The monoisotopic (exact) mass is 376 g/mol. The second kappa shape index (κ2) is 14.4. The number of carboxylic acids is 2. The van der Waals surface area contributed by atoms with E-state index >= 15 is 0 Å². The molecule has 0 saturated heterocycles. The zero-order valence-corrected chi connectivity index (χ0v) is 12.8. The second-order valence-corrected chi connectivity index (χ2v) is 4.81. The Morgan fingerprint density at radius 3 is 1.62 bits per heavy atom. The summed E-state index contributed by atoms with van der Waals surface area (Å²) in [4.78, 5) is 30.6. The van der Waals surface area contributed by atoms with Crippen molar-refractivity contribution in [3.63, 3.8) is 0 Å². The predicted octanol–water partition coefficient (Wildman–Crippen LogP) is -1.75. The van der Waals surface area contributed by atoms with Gasteiger partial charge in [-0.1, -0.05) is 13.2 Å². The van der Waals surface area contributed by atoms with Gasteiger partial charge in [0.25, 0.3) is 0 Å². The number of aliphatic carboxylic acids is 2. The molecule has 0 bridgehead atoms. The van der Waals surface area contributed by atoms with E-state index in [1.807, 2.05) is 0 Å². The number of carboxylic acid groups (broad SMARTS) is 2. The molecule has 0 unspecified atom stereocenters. The van der Waals surface area contributed by atoms with E-state index in [2.05, 4.69) is 13.2 Å². The molecule has 0 amide bonds. The summed E-state index contributed by atoms with van der Waals surface area (Å²) in [5.74, 6) is -3.05. The first-order chi connectivity index (χ1) is 10.5. The van der Waals surface area contributed by atoms with Gasteiger partial charge in [-0.15, -0.1) is 0 Å². The van der Waals surface area contributed by atoms with E-state index in [1.54, 1.807) is 0 Å². The minimum absolute atomic E-state index is 0. The third-order valence-electron chi connectivity index (χ3n) is 2.53. The van der Waals surface area contributed by atoms with E-state index in [4.69, 9.17) is 30.3 Å². The molecule has 0 aliphatic rings. The molecule has 0 rings (SSSR count). The molecule has 0 aromatic rings. The van der Waals surface area contributed by atoms with Gasteiger partial charge in [0.05, 0.1) is 31.7 Å². The van der Waals surface area contributed by atoms with Crippen molar-refractivity contribution in [2.45, 2.75) is 13.3 Å². The average molecular weight is 376 g/mol. The third-order valence-corrected chi connectivity index (χ3v) is 2.53. The van der Waals surface area contributed by atoms with Gasteiger partial charge in [-0.25, -0.2) is 9.59 Å². The Labute approximate surface area is 169 Å². The van der Waals surface area contributed by atoms with Crippen LogP contribution in [-0.4, -0.2) is 108 Å². The maximum absolute atomic E-state index is 11.0. The standard InChI is InChI=1S/C9H16O5.C5H6O4.Ca.2H/c1-7(2)8(13)14-6-9(3-10,4-11)5-12;1-3(5(8)9)2-4(6)7;;;/h10-12H,1,3-6H2,2H3;1-2H2,(H,6,7)(H,8,9);;;. The van der Waals surface area contributed by atoms with E-state index in [0.29, 0.717) is 0 Å². The van der Waals surface area contributed by atoms with Crippen LogP contribution in [0.25, 0.3) is 0 Å². The first-order valence-corrected chi connectivity index (χ1v) is 6.33. The maximum atomic E-state index is 11.0. The Hall–Kier alpha value is -0.970. The molecule has 0 aromatic carbocycles. The Morgan fingerprint density at radius 1 is 1.00 bits per heavy atom. The first-order valence-electron chi connectivity index (χ1n) is 6.33. The number of hydrogen-bond donors (Lipinski definition) is 5. The molecule has 10 heteroatoms. The molecular weight excluding hydrogens is 352 g/mol. The van der Waals surface area contributed by atoms with E-state index in [1.165, 1.54) is 6.92 Å².